The molecule has 0 saturated heterocycles. The van der Waals surface area contributed by atoms with Crippen molar-refractivity contribution in [2.24, 2.45) is 0 Å². The van der Waals surface area contributed by atoms with Gasteiger partial charge in [0.25, 0.3) is 0 Å². The minimum atomic E-state index is -1.37. The Morgan fingerprint density at radius 1 is 1.50 bits per heavy atom. The van der Waals surface area contributed by atoms with Crippen molar-refractivity contribution < 1.29 is 19.4 Å². The van der Waals surface area contributed by atoms with E-state index >= 15 is 0 Å². The standard InChI is InChI=1S/C12H17FN2O3/c1-12(2,6-16)15(3)10-5-8(13)7(11(17)18)4-9(10)14/h4-5,16H,6,14H2,1-3H3,(H,17,18). The number of carboxylic acid groups (broad SMARTS) is 1. The predicted molar refractivity (Wildman–Crippen MR) is 67.3 cm³/mol. The van der Waals surface area contributed by atoms with E-state index in [1.54, 1.807) is 25.8 Å². The van der Waals surface area contributed by atoms with Crippen LogP contribution < -0.4 is 10.6 Å². The first kappa shape index (κ1) is 14.2. The Hall–Kier alpha value is -1.82. The number of carbonyl (C=O) groups is 1. The number of likely N-dealkylation sites (N-methyl/N-ethyl adjacent to an activating group) is 1. The van der Waals surface area contributed by atoms with Crippen LogP contribution in [0.5, 0.6) is 0 Å². The van der Waals surface area contributed by atoms with Crippen molar-refractivity contribution in [2.75, 3.05) is 24.3 Å². The molecule has 0 aliphatic heterocycles. The Bertz CT molecular complexity index is 475. The van der Waals surface area contributed by atoms with Crippen LogP contribution >= 0.6 is 0 Å². The summed E-state index contributed by atoms with van der Waals surface area (Å²) in [6.45, 7) is 3.37. The van der Waals surface area contributed by atoms with Gasteiger partial charge in [-0.05, 0) is 19.9 Å². The van der Waals surface area contributed by atoms with Crippen LogP contribution in [0.3, 0.4) is 0 Å². The molecular formula is C12H17FN2O3. The molecule has 0 radical (unpaired) electrons. The van der Waals surface area contributed by atoms with Crippen LogP contribution in [0.15, 0.2) is 12.1 Å². The number of nitrogen functional groups attached to an aromatic ring is 1. The van der Waals surface area contributed by atoms with Gasteiger partial charge in [-0.3, -0.25) is 0 Å². The fourth-order valence-corrected chi connectivity index (χ4v) is 1.47. The minimum Gasteiger partial charge on any atom is -0.478 e. The maximum Gasteiger partial charge on any atom is 0.338 e. The van der Waals surface area contributed by atoms with Crippen LogP contribution in [0.25, 0.3) is 0 Å². The number of benzene rings is 1. The molecule has 1 rings (SSSR count). The molecule has 0 aliphatic carbocycles. The lowest BCUT2D eigenvalue weighted by Gasteiger charge is -2.36. The lowest BCUT2D eigenvalue weighted by atomic mass is 10.0. The number of nitrogens with two attached hydrogens (primary N) is 1. The summed E-state index contributed by atoms with van der Waals surface area (Å²) in [5, 5.41) is 18.0. The number of halogens is 1. The SMILES string of the molecule is CN(c1cc(F)c(C(=O)O)cc1N)C(C)(C)CO. The highest BCUT2D eigenvalue weighted by Crippen LogP contribution is 2.30. The van der Waals surface area contributed by atoms with Crippen LogP contribution in [-0.2, 0) is 0 Å². The molecule has 0 bridgehead atoms. The number of hydrogen-bond donors (Lipinski definition) is 3. The molecule has 0 aromatic heterocycles. The normalized spacial score (nSPS) is 11.4. The molecule has 1 aromatic rings. The van der Waals surface area contributed by atoms with Crippen molar-refractivity contribution in [3.05, 3.63) is 23.5 Å². The largest absolute Gasteiger partial charge is 0.478 e. The number of aliphatic hydroxyl groups is 1. The van der Waals surface area contributed by atoms with Gasteiger partial charge in [-0.1, -0.05) is 0 Å². The van der Waals surface area contributed by atoms with Crippen LogP contribution in [0, 0.1) is 5.82 Å². The highest BCUT2D eigenvalue weighted by molar-refractivity contribution is 5.91. The molecule has 100 valence electrons. The Morgan fingerprint density at radius 2 is 2.06 bits per heavy atom. The third kappa shape index (κ3) is 2.53. The zero-order chi connectivity index (χ0) is 14.1. The Balaban J connectivity index is 3.28. The van der Waals surface area contributed by atoms with E-state index in [4.69, 9.17) is 10.8 Å². The summed E-state index contributed by atoms with van der Waals surface area (Å²) in [6.07, 6.45) is 0. The van der Waals surface area contributed by atoms with E-state index in [1.807, 2.05) is 0 Å². The Kier molecular flexibility index (Phi) is 3.81. The number of aliphatic hydroxyl groups excluding tert-OH is 1. The topological polar surface area (TPSA) is 86.8 Å². The molecule has 0 atom stereocenters. The summed E-state index contributed by atoms with van der Waals surface area (Å²) >= 11 is 0. The maximum atomic E-state index is 13.6. The minimum absolute atomic E-state index is 0.148. The van der Waals surface area contributed by atoms with Crippen molar-refractivity contribution >= 4 is 17.3 Å². The zero-order valence-corrected chi connectivity index (χ0v) is 10.6. The van der Waals surface area contributed by atoms with E-state index in [1.165, 1.54) is 0 Å². The molecule has 4 N–H and O–H groups in total. The molecular weight excluding hydrogens is 239 g/mol. The van der Waals surface area contributed by atoms with Crippen molar-refractivity contribution in [3.8, 4) is 0 Å². The third-order valence-corrected chi connectivity index (χ3v) is 3.00. The first-order valence-electron chi connectivity index (χ1n) is 5.37. The quantitative estimate of drug-likeness (QED) is 0.707. The third-order valence-electron chi connectivity index (χ3n) is 3.00. The molecule has 0 unspecified atom stereocenters. The molecule has 0 spiro atoms. The maximum absolute atomic E-state index is 13.6. The second-order valence-electron chi connectivity index (χ2n) is 4.73. The van der Waals surface area contributed by atoms with E-state index < -0.39 is 22.9 Å². The van der Waals surface area contributed by atoms with E-state index in [0.29, 0.717) is 5.69 Å². The Labute approximate surface area is 105 Å². The summed E-state index contributed by atoms with van der Waals surface area (Å²) < 4.78 is 13.6. The van der Waals surface area contributed by atoms with E-state index in [0.717, 1.165) is 12.1 Å². The summed E-state index contributed by atoms with van der Waals surface area (Å²) in [5.41, 5.74) is 5.12. The first-order valence-corrected chi connectivity index (χ1v) is 5.37. The predicted octanol–water partition coefficient (Wildman–Crippen LogP) is 1.31. The van der Waals surface area contributed by atoms with Crippen molar-refractivity contribution in [1.82, 2.24) is 0 Å². The monoisotopic (exact) mass is 256 g/mol. The van der Waals surface area contributed by atoms with Gasteiger partial charge in [0.05, 0.1) is 29.1 Å². The van der Waals surface area contributed by atoms with Crippen LogP contribution in [-0.4, -0.2) is 35.4 Å². The van der Waals surface area contributed by atoms with Gasteiger partial charge in [-0.15, -0.1) is 0 Å². The van der Waals surface area contributed by atoms with Gasteiger partial charge < -0.3 is 20.8 Å². The zero-order valence-electron chi connectivity index (χ0n) is 10.6. The van der Waals surface area contributed by atoms with Crippen molar-refractivity contribution in [1.29, 1.82) is 0 Å². The van der Waals surface area contributed by atoms with Crippen molar-refractivity contribution in [2.45, 2.75) is 19.4 Å². The van der Waals surface area contributed by atoms with Gasteiger partial charge in [-0.25, -0.2) is 9.18 Å². The van der Waals surface area contributed by atoms with Gasteiger partial charge in [0.1, 0.15) is 5.82 Å². The summed E-state index contributed by atoms with van der Waals surface area (Å²) in [7, 11) is 1.65. The lowest BCUT2D eigenvalue weighted by molar-refractivity contribution is 0.0692. The molecule has 0 aliphatic rings. The van der Waals surface area contributed by atoms with Gasteiger partial charge in [0.2, 0.25) is 0 Å². The van der Waals surface area contributed by atoms with E-state index in [2.05, 4.69) is 0 Å². The fourth-order valence-electron chi connectivity index (χ4n) is 1.47. The molecule has 0 fully saturated rings. The summed E-state index contributed by atoms with van der Waals surface area (Å²) in [4.78, 5) is 12.4. The molecule has 5 nitrogen and oxygen atoms in total. The fraction of sp³-hybridized carbons (Fsp3) is 0.417. The second-order valence-corrected chi connectivity index (χ2v) is 4.73. The number of anilines is 2. The van der Waals surface area contributed by atoms with Gasteiger partial charge >= 0.3 is 5.97 Å². The van der Waals surface area contributed by atoms with Crippen LogP contribution in [0.1, 0.15) is 24.2 Å². The van der Waals surface area contributed by atoms with E-state index in [-0.39, 0.29) is 12.3 Å². The molecule has 18 heavy (non-hydrogen) atoms. The van der Waals surface area contributed by atoms with Gasteiger partial charge in [0, 0.05) is 13.1 Å². The average molecular weight is 256 g/mol. The van der Waals surface area contributed by atoms with E-state index in [9.17, 15) is 14.3 Å². The number of carboxylic acids is 1. The molecule has 0 amide bonds. The number of nitrogens with zero attached hydrogens (tertiary/aromatic N) is 1. The summed E-state index contributed by atoms with van der Waals surface area (Å²) in [5.74, 6) is -2.22. The van der Waals surface area contributed by atoms with Crippen molar-refractivity contribution in [3.63, 3.8) is 0 Å². The molecule has 0 heterocycles. The first-order chi connectivity index (χ1) is 8.20. The smallest absolute Gasteiger partial charge is 0.338 e. The second kappa shape index (κ2) is 4.81. The highest BCUT2D eigenvalue weighted by atomic mass is 19.1. The number of rotatable bonds is 4. The van der Waals surface area contributed by atoms with Crippen LogP contribution in [0.4, 0.5) is 15.8 Å². The number of hydrogen-bond acceptors (Lipinski definition) is 4. The summed E-state index contributed by atoms with van der Waals surface area (Å²) in [6, 6.07) is 2.15. The molecule has 0 saturated carbocycles. The molecule has 6 heteroatoms. The Morgan fingerprint density at radius 3 is 2.50 bits per heavy atom. The van der Waals surface area contributed by atoms with Crippen LogP contribution in [0.2, 0.25) is 0 Å². The molecule has 1 aromatic carbocycles. The van der Waals surface area contributed by atoms with Gasteiger partial charge in [0.15, 0.2) is 0 Å². The lowest BCUT2D eigenvalue weighted by Crippen LogP contribution is -2.44. The average Bonchev–Trinajstić information content (AvgIpc) is 2.30. The highest BCUT2D eigenvalue weighted by Gasteiger charge is 2.25. The number of aromatic carboxylic acids is 1. The van der Waals surface area contributed by atoms with Gasteiger partial charge in [-0.2, -0.15) is 0 Å².